The summed E-state index contributed by atoms with van der Waals surface area (Å²) in [6.07, 6.45) is 2.18. The van der Waals surface area contributed by atoms with Crippen LogP contribution in [0, 0.1) is 5.41 Å². The number of aliphatic hydroxyl groups is 1. The van der Waals surface area contributed by atoms with E-state index in [1.807, 2.05) is 24.3 Å². The highest BCUT2D eigenvalue weighted by Gasteiger charge is 2.27. The fraction of sp³-hybridized carbons (Fsp3) is 0.316. The number of amides is 1. The number of carboxylic acid groups (broad SMARTS) is 1. The molecule has 0 spiro atoms. The van der Waals surface area contributed by atoms with Crippen LogP contribution < -0.4 is 5.32 Å². The van der Waals surface area contributed by atoms with Crippen LogP contribution in [0.5, 0.6) is 0 Å². The second-order valence-electron chi connectivity index (χ2n) is 6.59. The monoisotopic (exact) mass is 342 g/mol. The summed E-state index contributed by atoms with van der Waals surface area (Å²) in [5.74, 6) is -1.34. The van der Waals surface area contributed by atoms with E-state index in [0.29, 0.717) is 12.0 Å². The SMILES string of the molecule is CC(C)(Cc1ccc(CNC(=O)C(O)c2cccnc2)cc1)C(=O)O. The van der Waals surface area contributed by atoms with Crippen LogP contribution in [0.25, 0.3) is 0 Å². The Morgan fingerprint density at radius 1 is 1.16 bits per heavy atom. The summed E-state index contributed by atoms with van der Waals surface area (Å²) in [6.45, 7) is 3.64. The minimum absolute atomic E-state index is 0.277. The largest absolute Gasteiger partial charge is 0.481 e. The molecule has 25 heavy (non-hydrogen) atoms. The van der Waals surface area contributed by atoms with Gasteiger partial charge in [0.2, 0.25) is 0 Å². The van der Waals surface area contributed by atoms with Crippen molar-refractivity contribution in [2.75, 3.05) is 0 Å². The summed E-state index contributed by atoms with van der Waals surface area (Å²) in [6, 6.07) is 10.7. The molecule has 0 saturated carbocycles. The minimum atomic E-state index is -1.26. The molecule has 6 nitrogen and oxygen atoms in total. The lowest BCUT2D eigenvalue weighted by molar-refractivity contribution is -0.146. The van der Waals surface area contributed by atoms with Gasteiger partial charge in [0.25, 0.3) is 5.91 Å². The van der Waals surface area contributed by atoms with Crippen molar-refractivity contribution in [2.24, 2.45) is 5.41 Å². The number of aliphatic carboxylic acids is 1. The van der Waals surface area contributed by atoms with Crippen LogP contribution in [-0.4, -0.2) is 27.1 Å². The molecule has 1 heterocycles. The molecule has 3 N–H and O–H groups in total. The Kier molecular flexibility index (Phi) is 5.88. The van der Waals surface area contributed by atoms with Crippen molar-refractivity contribution in [3.05, 3.63) is 65.5 Å². The highest BCUT2D eigenvalue weighted by atomic mass is 16.4. The number of carbonyl (C=O) groups excluding carboxylic acids is 1. The predicted octanol–water partition coefficient (Wildman–Crippen LogP) is 2.08. The van der Waals surface area contributed by atoms with E-state index in [-0.39, 0.29) is 6.54 Å². The van der Waals surface area contributed by atoms with E-state index in [0.717, 1.165) is 11.1 Å². The molecule has 1 aromatic heterocycles. The topological polar surface area (TPSA) is 99.5 Å². The predicted molar refractivity (Wildman–Crippen MR) is 92.6 cm³/mol. The number of nitrogens with one attached hydrogen (secondary N) is 1. The van der Waals surface area contributed by atoms with Crippen molar-refractivity contribution in [3.63, 3.8) is 0 Å². The minimum Gasteiger partial charge on any atom is -0.481 e. The molecular weight excluding hydrogens is 320 g/mol. The zero-order chi connectivity index (χ0) is 18.4. The Hall–Kier alpha value is -2.73. The molecule has 0 aliphatic rings. The molecular formula is C19H22N2O4. The summed E-state index contributed by atoms with van der Waals surface area (Å²) < 4.78 is 0. The molecule has 1 atom stereocenters. The molecule has 0 aliphatic carbocycles. The first-order valence-electron chi connectivity index (χ1n) is 7.96. The van der Waals surface area contributed by atoms with Crippen LogP contribution in [0.2, 0.25) is 0 Å². The van der Waals surface area contributed by atoms with Crippen LogP contribution in [0.4, 0.5) is 0 Å². The van der Waals surface area contributed by atoms with Crippen molar-refractivity contribution in [2.45, 2.75) is 32.9 Å². The molecule has 1 amide bonds. The zero-order valence-corrected chi connectivity index (χ0v) is 14.3. The number of hydrogen-bond acceptors (Lipinski definition) is 4. The lowest BCUT2D eigenvalue weighted by Crippen LogP contribution is -2.29. The van der Waals surface area contributed by atoms with Gasteiger partial charge in [-0.1, -0.05) is 30.3 Å². The highest BCUT2D eigenvalue weighted by Crippen LogP contribution is 2.22. The third-order valence-electron chi connectivity index (χ3n) is 3.96. The van der Waals surface area contributed by atoms with E-state index < -0.39 is 23.4 Å². The Morgan fingerprint density at radius 2 is 1.80 bits per heavy atom. The number of rotatable bonds is 7. The van der Waals surface area contributed by atoms with Crippen LogP contribution in [0.1, 0.15) is 36.6 Å². The quantitative estimate of drug-likeness (QED) is 0.715. The van der Waals surface area contributed by atoms with Gasteiger partial charge >= 0.3 is 5.97 Å². The van der Waals surface area contributed by atoms with Crippen LogP contribution >= 0.6 is 0 Å². The number of aliphatic hydroxyl groups excluding tert-OH is 1. The number of aromatic nitrogens is 1. The van der Waals surface area contributed by atoms with E-state index in [4.69, 9.17) is 0 Å². The Balaban J connectivity index is 1.91. The van der Waals surface area contributed by atoms with Crippen LogP contribution in [0.3, 0.4) is 0 Å². The molecule has 0 fully saturated rings. The zero-order valence-electron chi connectivity index (χ0n) is 14.3. The van der Waals surface area contributed by atoms with E-state index in [1.165, 1.54) is 6.20 Å². The standard InChI is InChI=1S/C19H22N2O4/c1-19(2,18(24)25)10-13-5-7-14(8-6-13)11-21-17(23)16(22)15-4-3-9-20-12-15/h3-9,12,16,22H,10-11H2,1-2H3,(H,21,23)(H,24,25). The maximum atomic E-state index is 12.0. The Bertz CT molecular complexity index is 727. The van der Waals surface area contributed by atoms with Gasteiger partial charge < -0.3 is 15.5 Å². The van der Waals surface area contributed by atoms with Crippen LogP contribution in [0.15, 0.2) is 48.8 Å². The van der Waals surface area contributed by atoms with E-state index in [2.05, 4.69) is 10.3 Å². The second kappa shape index (κ2) is 7.90. The van der Waals surface area contributed by atoms with Gasteiger partial charge in [-0.15, -0.1) is 0 Å². The highest BCUT2D eigenvalue weighted by molar-refractivity contribution is 5.81. The average molecular weight is 342 g/mol. The number of nitrogens with zero attached hydrogens (tertiary/aromatic N) is 1. The summed E-state index contributed by atoms with van der Waals surface area (Å²) in [7, 11) is 0. The third kappa shape index (κ3) is 5.12. The first-order valence-corrected chi connectivity index (χ1v) is 7.96. The molecule has 2 rings (SSSR count). The van der Waals surface area contributed by atoms with E-state index in [9.17, 15) is 19.8 Å². The van der Waals surface area contributed by atoms with Gasteiger partial charge in [0, 0.05) is 24.5 Å². The molecule has 132 valence electrons. The average Bonchev–Trinajstić information content (AvgIpc) is 2.60. The summed E-state index contributed by atoms with van der Waals surface area (Å²) in [4.78, 5) is 27.0. The molecule has 6 heteroatoms. The molecule has 0 bridgehead atoms. The molecule has 2 aromatic rings. The summed E-state index contributed by atoms with van der Waals surface area (Å²) >= 11 is 0. The molecule has 0 aliphatic heterocycles. The normalized spacial score (nSPS) is 12.4. The van der Waals surface area contributed by atoms with Gasteiger partial charge in [-0.3, -0.25) is 14.6 Å². The fourth-order valence-electron chi connectivity index (χ4n) is 2.34. The lowest BCUT2D eigenvalue weighted by atomic mass is 9.86. The maximum absolute atomic E-state index is 12.0. The second-order valence-corrected chi connectivity index (χ2v) is 6.59. The number of pyridine rings is 1. The van der Waals surface area contributed by atoms with Crippen molar-refractivity contribution >= 4 is 11.9 Å². The number of carbonyl (C=O) groups is 2. The summed E-state index contributed by atoms with van der Waals surface area (Å²) in [5.41, 5.74) is 1.39. The number of carboxylic acids is 1. The molecule has 1 aromatic carbocycles. The molecule has 0 saturated heterocycles. The first-order chi connectivity index (χ1) is 11.8. The van der Waals surface area contributed by atoms with Gasteiger partial charge in [-0.25, -0.2) is 0 Å². The van der Waals surface area contributed by atoms with Gasteiger partial charge in [0.1, 0.15) is 0 Å². The van der Waals surface area contributed by atoms with Gasteiger partial charge in [-0.05, 0) is 37.5 Å². The van der Waals surface area contributed by atoms with Crippen molar-refractivity contribution in [1.29, 1.82) is 0 Å². The smallest absolute Gasteiger partial charge is 0.309 e. The Morgan fingerprint density at radius 3 is 2.36 bits per heavy atom. The first kappa shape index (κ1) is 18.6. The van der Waals surface area contributed by atoms with E-state index in [1.54, 1.807) is 32.2 Å². The third-order valence-corrected chi connectivity index (χ3v) is 3.96. The lowest BCUT2D eigenvalue weighted by Gasteiger charge is -2.19. The maximum Gasteiger partial charge on any atom is 0.309 e. The molecule has 0 radical (unpaired) electrons. The van der Waals surface area contributed by atoms with Gasteiger partial charge in [0.15, 0.2) is 6.10 Å². The summed E-state index contributed by atoms with van der Waals surface area (Å²) in [5, 5.41) is 21.8. The van der Waals surface area contributed by atoms with E-state index >= 15 is 0 Å². The number of benzene rings is 1. The molecule has 1 unspecified atom stereocenters. The van der Waals surface area contributed by atoms with Gasteiger partial charge in [0.05, 0.1) is 5.41 Å². The van der Waals surface area contributed by atoms with Crippen molar-refractivity contribution in [1.82, 2.24) is 10.3 Å². The Labute approximate surface area is 146 Å². The number of hydrogen-bond donors (Lipinski definition) is 3. The van der Waals surface area contributed by atoms with Gasteiger partial charge in [-0.2, -0.15) is 0 Å². The van der Waals surface area contributed by atoms with Crippen molar-refractivity contribution in [3.8, 4) is 0 Å². The van der Waals surface area contributed by atoms with Crippen molar-refractivity contribution < 1.29 is 19.8 Å². The fourth-order valence-corrected chi connectivity index (χ4v) is 2.34. The van der Waals surface area contributed by atoms with Crippen LogP contribution in [-0.2, 0) is 22.6 Å².